The lowest BCUT2D eigenvalue weighted by Crippen LogP contribution is -1.92. The maximum absolute atomic E-state index is 4.48. The summed E-state index contributed by atoms with van der Waals surface area (Å²) in [5.41, 5.74) is 0. The topological polar surface area (TPSA) is 95.2 Å². The predicted molar refractivity (Wildman–Crippen MR) is 27.5 cm³/mol. The minimum Gasteiger partial charge on any atom is -0.303 e. The van der Waals surface area contributed by atoms with Crippen molar-refractivity contribution in [1.82, 2.24) is 0 Å². The molecule has 0 aromatic rings. The van der Waals surface area contributed by atoms with Crippen molar-refractivity contribution in [2.75, 3.05) is 0 Å². The quantitative estimate of drug-likeness (QED) is 0.357. The number of oxime groups is 2. The molecular weight excluding hydrogens is 112 g/mol. The van der Waals surface area contributed by atoms with E-state index < -0.39 is 0 Å². The van der Waals surface area contributed by atoms with Gasteiger partial charge in [-0.05, 0) is 0 Å². The molecule has 8 heavy (non-hydrogen) atoms. The van der Waals surface area contributed by atoms with E-state index in [2.05, 4.69) is 32.0 Å². The number of nitrogens with zero attached hydrogens (tertiary/aromatic N) is 2. The summed E-state index contributed by atoms with van der Waals surface area (Å²) in [4.78, 5) is 7.54. The second-order valence-electron chi connectivity index (χ2n) is 0.720. The van der Waals surface area contributed by atoms with Gasteiger partial charge in [-0.25, -0.2) is 0 Å². The molecule has 46 valence electrons. The lowest BCUT2D eigenvalue weighted by molar-refractivity contribution is 0.148. The lowest BCUT2D eigenvalue weighted by Gasteiger charge is -1.78. The molecular formula is C2H6N4O2. The van der Waals surface area contributed by atoms with E-state index in [9.17, 15) is 0 Å². The Kier molecular flexibility index (Phi) is 5.02. The van der Waals surface area contributed by atoms with Gasteiger partial charge in [0, 0.05) is 0 Å². The van der Waals surface area contributed by atoms with E-state index in [1.807, 2.05) is 0 Å². The fraction of sp³-hybridized carbons (Fsp3) is 0. The Morgan fingerprint density at radius 3 is 1.62 bits per heavy atom. The average molecular weight is 118 g/mol. The molecule has 0 aliphatic carbocycles. The minimum atomic E-state index is 1.17. The maximum atomic E-state index is 4.48. The van der Waals surface area contributed by atoms with Crippen molar-refractivity contribution in [2.24, 2.45) is 22.1 Å². The smallest absolute Gasteiger partial charge is 0.0905 e. The molecule has 4 N–H and O–H groups in total. The van der Waals surface area contributed by atoms with Gasteiger partial charge >= 0.3 is 0 Å². The summed E-state index contributed by atoms with van der Waals surface area (Å²) < 4.78 is 0. The van der Waals surface area contributed by atoms with E-state index in [4.69, 9.17) is 0 Å². The van der Waals surface area contributed by atoms with E-state index in [0.717, 1.165) is 0 Å². The van der Waals surface area contributed by atoms with Crippen molar-refractivity contribution in [3.8, 4) is 0 Å². The van der Waals surface area contributed by atoms with E-state index >= 15 is 0 Å². The maximum Gasteiger partial charge on any atom is 0.0905 e. The van der Waals surface area contributed by atoms with Gasteiger partial charge in [0.2, 0.25) is 0 Å². The van der Waals surface area contributed by atoms with Gasteiger partial charge < -0.3 is 9.88 Å². The van der Waals surface area contributed by atoms with Crippen LogP contribution in [-0.4, -0.2) is 12.4 Å². The number of hydrogen-bond donors (Lipinski definition) is 2. The summed E-state index contributed by atoms with van der Waals surface area (Å²) in [7, 11) is 0. The molecule has 0 spiro atoms. The number of rotatable bonds is 3. The monoisotopic (exact) mass is 118 g/mol. The third-order valence-corrected chi connectivity index (χ3v) is 0.310. The van der Waals surface area contributed by atoms with Crippen molar-refractivity contribution in [3.63, 3.8) is 0 Å². The van der Waals surface area contributed by atoms with Gasteiger partial charge in [-0.15, -0.1) is 11.8 Å². The third kappa shape index (κ3) is 4.86. The molecule has 0 fully saturated rings. The highest BCUT2D eigenvalue weighted by Crippen LogP contribution is 1.57. The Bertz CT molecular complexity index is 78.0. The number of nitrogens with two attached hydrogens (primary N) is 2. The zero-order chi connectivity index (χ0) is 6.24. The Morgan fingerprint density at radius 2 is 1.38 bits per heavy atom. The molecule has 0 aromatic heterocycles. The highest BCUT2D eigenvalue weighted by Gasteiger charge is 1.62. The van der Waals surface area contributed by atoms with Crippen molar-refractivity contribution in [1.29, 1.82) is 0 Å². The molecule has 0 aliphatic rings. The standard InChI is InChI=1S/C2H6N4O2/c3-7-5-1-2-6-8-4/h1-2H,3-4H2/b5-1+,6-2+. The molecule has 0 aliphatic heterocycles. The van der Waals surface area contributed by atoms with Gasteiger partial charge in [0.05, 0.1) is 12.4 Å². The molecule has 0 saturated carbocycles. The Hall–Kier alpha value is -1.14. The van der Waals surface area contributed by atoms with Crippen LogP contribution in [0.25, 0.3) is 0 Å². The summed E-state index contributed by atoms with van der Waals surface area (Å²) in [6.07, 6.45) is 2.35. The van der Waals surface area contributed by atoms with Crippen molar-refractivity contribution < 1.29 is 9.88 Å². The van der Waals surface area contributed by atoms with Crippen LogP contribution in [0.15, 0.2) is 10.3 Å². The van der Waals surface area contributed by atoms with Gasteiger partial charge in [-0.3, -0.25) is 0 Å². The molecule has 0 amide bonds. The Morgan fingerprint density at radius 1 is 1.00 bits per heavy atom. The van der Waals surface area contributed by atoms with Crippen LogP contribution in [0.4, 0.5) is 0 Å². The number of hydrogen-bond acceptors (Lipinski definition) is 6. The normalized spacial score (nSPS) is 10.8. The first kappa shape index (κ1) is 6.86. The van der Waals surface area contributed by atoms with E-state index in [0.29, 0.717) is 0 Å². The second kappa shape index (κ2) is 5.86. The fourth-order valence-electron chi connectivity index (χ4n) is 0.125. The molecule has 0 bridgehead atoms. The summed E-state index contributed by atoms with van der Waals surface area (Å²) in [6.45, 7) is 0. The third-order valence-electron chi connectivity index (χ3n) is 0.310. The van der Waals surface area contributed by atoms with E-state index in [1.54, 1.807) is 0 Å². The average Bonchev–Trinajstić information content (AvgIpc) is 1.81. The SMILES string of the molecule is NO/N=C/C=N/ON. The predicted octanol–water partition coefficient (Wildman–Crippen LogP) is -1.26. The molecule has 6 nitrogen and oxygen atoms in total. The second-order valence-corrected chi connectivity index (χ2v) is 0.720. The Labute approximate surface area is 45.6 Å². The van der Waals surface area contributed by atoms with E-state index in [1.165, 1.54) is 12.4 Å². The summed E-state index contributed by atoms with van der Waals surface area (Å²) >= 11 is 0. The molecule has 0 heterocycles. The van der Waals surface area contributed by atoms with Crippen LogP contribution < -0.4 is 11.8 Å². The van der Waals surface area contributed by atoms with Gasteiger partial charge in [0.25, 0.3) is 0 Å². The molecule has 0 unspecified atom stereocenters. The van der Waals surface area contributed by atoms with E-state index in [-0.39, 0.29) is 0 Å². The molecule has 0 atom stereocenters. The molecule has 0 saturated heterocycles. The first-order valence-corrected chi connectivity index (χ1v) is 1.69. The van der Waals surface area contributed by atoms with Crippen molar-refractivity contribution >= 4 is 12.4 Å². The highest BCUT2D eigenvalue weighted by molar-refractivity contribution is 6.15. The molecule has 0 rings (SSSR count). The molecule has 0 aromatic carbocycles. The summed E-state index contributed by atoms with van der Waals surface area (Å²) in [5, 5.41) is 6.15. The van der Waals surface area contributed by atoms with Crippen LogP contribution in [0, 0.1) is 0 Å². The van der Waals surface area contributed by atoms with Gasteiger partial charge in [0.15, 0.2) is 0 Å². The molecule has 6 heteroatoms. The highest BCUT2D eigenvalue weighted by atomic mass is 16.8. The zero-order valence-corrected chi connectivity index (χ0v) is 4.02. The first-order valence-electron chi connectivity index (χ1n) is 1.69. The van der Waals surface area contributed by atoms with Gasteiger partial charge in [-0.1, -0.05) is 10.3 Å². The minimum absolute atomic E-state index is 1.17. The zero-order valence-electron chi connectivity index (χ0n) is 4.02. The van der Waals surface area contributed by atoms with Crippen LogP contribution in [0.1, 0.15) is 0 Å². The summed E-state index contributed by atoms with van der Waals surface area (Å²) in [5.74, 6) is 8.96. The molecule has 0 radical (unpaired) electrons. The van der Waals surface area contributed by atoms with Crippen LogP contribution in [0.2, 0.25) is 0 Å². The van der Waals surface area contributed by atoms with Gasteiger partial charge in [0.1, 0.15) is 0 Å². The first-order chi connectivity index (χ1) is 3.91. The van der Waals surface area contributed by atoms with Crippen molar-refractivity contribution in [2.45, 2.75) is 0 Å². The van der Waals surface area contributed by atoms with Crippen LogP contribution in [0.3, 0.4) is 0 Å². The van der Waals surface area contributed by atoms with Crippen LogP contribution in [-0.2, 0) is 9.88 Å². The lowest BCUT2D eigenvalue weighted by atomic mass is 10.8. The summed E-state index contributed by atoms with van der Waals surface area (Å²) in [6, 6.07) is 0. The van der Waals surface area contributed by atoms with Gasteiger partial charge in [-0.2, -0.15) is 0 Å². The fourth-order valence-corrected chi connectivity index (χ4v) is 0.125. The van der Waals surface area contributed by atoms with Crippen LogP contribution in [0.5, 0.6) is 0 Å². The Balaban J connectivity index is 3.13. The largest absolute Gasteiger partial charge is 0.303 e. The van der Waals surface area contributed by atoms with Crippen LogP contribution >= 0.6 is 0 Å². The van der Waals surface area contributed by atoms with Crippen molar-refractivity contribution in [3.05, 3.63) is 0 Å².